The molecule has 1 amide bonds. The van der Waals surface area contributed by atoms with Gasteiger partial charge in [-0.25, -0.2) is 0 Å². The van der Waals surface area contributed by atoms with Gasteiger partial charge >= 0.3 is 0 Å². The molecule has 1 aromatic heterocycles. The Hall–Kier alpha value is -2.83. The van der Waals surface area contributed by atoms with Gasteiger partial charge in [0.2, 0.25) is 5.96 Å². The normalized spacial score (nSPS) is 11.5. The van der Waals surface area contributed by atoms with Crippen molar-refractivity contribution in [3.05, 3.63) is 80.6 Å². The number of carbonyl (C=O) groups is 1. The van der Waals surface area contributed by atoms with Gasteiger partial charge in [-0.1, -0.05) is 35.3 Å². The first-order valence-electron chi connectivity index (χ1n) is 10.5. The Kier molecular flexibility index (Phi) is 7.94. The number of nitrogens with one attached hydrogen (secondary N) is 2. The van der Waals surface area contributed by atoms with Crippen LogP contribution in [0.25, 0.3) is 0 Å². The zero-order chi connectivity index (χ0) is 23.3. The summed E-state index contributed by atoms with van der Waals surface area (Å²) in [6.07, 6.45) is 0.713. The number of hydrogen-bond acceptors (Lipinski definition) is 3. The van der Waals surface area contributed by atoms with Crippen LogP contribution >= 0.6 is 23.2 Å². The molecule has 3 aromatic rings. The van der Waals surface area contributed by atoms with E-state index in [0.29, 0.717) is 34.5 Å². The zero-order valence-electron chi connectivity index (χ0n) is 18.7. The lowest BCUT2D eigenvalue weighted by Gasteiger charge is -2.14. The lowest BCUT2D eigenvalue weighted by molar-refractivity contribution is 0.0977. The van der Waals surface area contributed by atoms with Gasteiger partial charge in [-0.3, -0.25) is 19.8 Å². The molecule has 32 heavy (non-hydrogen) atoms. The van der Waals surface area contributed by atoms with Crippen LogP contribution in [-0.4, -0.2) is 28.2 Å². The highest BCUT2D eigenvalue weighted by Gasteiger charge is 2.13. The Bertz CT molecular complexity index is 1150. The number of amides is 1. The Morgan fingerprint density at radius 2 is 1.84 bits per heavy atom. The zero-order valence-corrected chi connectivity index (χ0v) is 20.2. The second-order valence-electron chi connectivity index (χ2n) is 7.49. The molecule has 0 fully saturated rings. The highest BCUT2D eigenvalue weighted by Crippen LogP contribution is 2.20. The maximum absolute atomic E-state index is 12.8. The van der Waals surface area contributed by atoms with Gasteiger partial charge in [0, 0.05) is 40.1 Å². The quantitative estimate of drug-likeness (QED) is 0.364. The first-order chi connectivity index (χ1) is 15.3. The molecule has 1 heterocycles. The van der Waals surface area contributed by atoms with Crippen LogP contribution < -0.4 is 10.6 Å². The van der Waals surface area contributed by atoms with E-state index in [1.54, 1.807) is 30.3 Å². The van der Waals surface area contributed by atoms with Gasteiger partial charge in [-0.05, 0) is 75.6 Å². The van der Waals surface area contributed by atoms with Crippen LogP contribution in [0.1, 0.15) is 39.8 Å². The van der Waals surface area contributed by atoms with E-state index in [1.807, 2.05) is 30.7 Å². The van der Waals surface area contributed by atoms with Crippen molar-refractivity contribution in [1.29, 1.82) is 0 Å². The summed E-state index contributed by atoms with van der Waals surface area (Å²) in [7, 11) is 0. The smallest absolute Gasteiger partial charge is 0.258 e. The predicted octanol–water partition coefficient (Wildman–Crippen LogP) is 5.58. The Morgan fingerprint density at radius 1 is 1.09 bits per heavy atom. The number of nitrogens with zero attached hydrogens (tertiary/aromatic N) is 3. The molecule has 0 unspecified atom stereocenters. The molecule has 0 saturated carbocycles. The van der Waals surface area contributed by atoms with Gasteiger partial charge in [-0.2, -0.15) is 5.10 Å². The minimum Gasteiger partial charge on any atom is -0.326 e. The van der Waals surface area contributed by atoms with E-state index in [9.17, 15) is 4.79 Å². The van der Waals surface area contributed by atoms with E-state index >= 15 is 0 Å². The molecule has 6 nitrogen and oxygen atoms in total. The molecule has 0 bridgehead atoms. The lowest BCUT2D eigenvalue weighted by Crippen LogP contribution is -2.36. The molecule has 0 aliphatic carbocycles. The maximum Gasteiger partial charge on any atom is 0.258 e. The summed E-state index contributed by atoms with van der Waals surface area (Å²) in [5.74, 6) is 0.0446. The van der Waals surface area contributed by atoms with Crippen molar-refractivity contribution in [2.45, 2.75) is 40.7 Å². The molecule has 0 radical (unpaired) electrons. The fraction of sp³-hybridized carbons (Fsp3) is 0.292. The van der Waals surface area contributed by atoms with E-state index < -0.39 is 0 Å². The van der Waals surface area contributed by atoms with Crippen LogP contribution in [0.5, 0.6) is 0 Å². The van der Waals surface area contributed by atoms with Crippen LogP contribution in [0.4, 0.5) is 5.69 Å². The summed E-state index contributed by atoms with van der Waals surface area (Å²) in [6.45, 7) is 9.41. The van der Waals surface area contributed by atoms with Crippen molar-refractivity contribution in [1.82, 2.24) is 15.1 Å². The molecule has 168 valence electrons. The van der Waals surface area contributed by atoms with Gasteiger partial charge in [0.25, 0.3) is 5.91 Å². The van der Waals surface area contributed by atoms with E-state index in [2.05, 4.69) is 34.6 Å². The third-order valence-electron chi connectivity index (χ3n) is 5.23. The molecular weight excluding hydrogens is 445 g/mol. The average Bonchev–Trinajstić information content (AvgIpc) is 3.03. The van der Waals surface area contributed by atoms with Crippen molar-refractivity contribution in [3.63, 3.8) is 0 Å². The van der Waals surface area contributed by atoms with Crippen LogP contribution in [0.15, 0.2) is 47.5 Å². The monoisotopic (exact) mass is 471 g/mol. The first-order valence-corrected chi connectivity index (χ1v) is 11.2. The lowest BCUT2D eigenvalue weighted by atomic mass is 10.1. The SMILES string of the molecule is CCn1nc(C)c(CCN=C(NC(=O)c2cccc(Cl)c2)Nc2cc(Cl)ccc2C)c1C. The van der Waals surface area contributed by atoms with Crippen LogP contribution in [0, 0.1) is 20.8 Å². The van der Waals surface area contributed by atoms with Crippen molar-refractivity contribution in [2.24, 2.45) is 4.99 Å². The van der Waals surface area contributed by atoms with E-state index in [1.165, 1.54) is 5.56 Å². The number of hydrogen-bond donors (Lipinski definition) is 2. The van der Waals surface area contributed by atoms with Crippen molar-refractivity contribution in [2.75, 3.05) is 11.9 Å². The van der Waals surface area contributed by atoms with Crippen LogP contribution in [-0.2, 0) is 13.0 Å². The number of halogens is 2. The topological polar surface area (TPSA) is 71.3 Å². The second kappa shape index (κ2) is 10.7. The number of aliphatic imine (C=N–C) groups is 1. The average molecular weight is 472 g/mol. The summed E-state index contributed by atoms with van der Waals surface area (Å²) in [5, 5.41) is 11.7. The largest absolute Gasteiger partial charge is 0.326 e. The maximum atomic E-state index is 12.8. The Labute approximate surface area is 198 Å². The van der Waals surface area contributed by atoms with Crippen molar-refractivity contribution in [3.8, 4) is 0 Å². The van der Waals surface area contributed by atoms with Gasteiger partial charge in [-0.15, -0.1) is 0 Å². The molecular formula is C24H27Cl2N5O. The van der Waals surface area contributed by atoms with E-state index in [4.69, 9.17) is 23.2 Å². The minimum absolute atomic E-state index is 0.301. The van der Waals surface area contributed by atoms with Gasteiger partial charge < -0.3 is 5.32 Å². The Morgan fingerprint density at radius 3 is 2.53 bits per heavy atom. The molecule has 0 atom stereocenters. The van der Waals surface area contributed by atoms with Gasteiger partial charge in [0.1, 0.15) is 0 Å². The summed E-state index contributed by atoms with van der Waals surface area (Å²) >= 11 is 12.2. The molecule has 0 aliphatic rings. The fourth-order valence-electron chi connectivity index (χ4n) is 3.46. The van der Waals surface area contributed by atoms with Crippen LogP contribution in [0.3, 0.4) is 0 Å². The number of carbonyl (C=O) groups excluding carboxylic acids is 1. The Balaban J connectivity index is 1.83. The number of guanidine groups is 1. The molecule has 0 spiro atoms. The molecule has 2 aromatic carbocycles. The molecule has 0 saturated heterocycles. The van der Waals surface area contributed by atoms with Crippen molar-refractivity contribution >= 4 is 40.8 Å². The number of benzene rings is 2. The summed E-state index contributed by atoms with van der Waals surface area (Å²) in [6, 6.07) is 12.3. The van der Waals surface area contributed by atoms with Gasteiger partial charge in [0.15, 0.2) is 0 Å². The molecule has 8 heteroatoms. The molecule has 0 aliphatic heterocycles. The number of anilines is 1. The highest BCUT2D eigenvalue weighted by molar-refractivity contribution is 6.31. The highest BCUT2D eigenvalue weighted by atomic mass is 35.5. The summed E-state index contributed by atoms with van der Waals surface area (Å²) < 4.78 is 1.99. The number of aromatic nitrogens is 2. The van der Waals surface area contributed by atoms with Crippen LogP contribution in [0.2, 0.25) is 10.0 Å². The van der Waals surface area contributed by atoms with E-state index in [-0.39, 0.29) is 5.91 Å². The fourth-order valence-corrected chi connectivity index (χ4v) is 3.82. The predicted molar refractivity (Wildman–Crippen MR) is 132 cm³/mol. The van der Waals surface area contributed by atoms with E-state index in [0.717, 1.165) is 29.2 Å². The molecule has 3 rings (SSSR count). The standard InChI is InChI=1S/C24H27Cl2N5O/c1-5-31-17(4)21(16(3)30-31)11-12-27-24(28-22-14-20(26)10-9-15(22)2)29-23(32)18-7-6-8-19(25)13-18/h6-10,13-14H,5,11-12H2,1-4H3,(H2,27,28,29,32). The van der Waals surface area contributed by atoms with Crippen molar-refractivity contribution < 1.29 is 4.79 Å². The summed E-state index contributed by atoms with van der Waals surface area (Å²) in [4.78, 5) is 17.5. The third kappa shape index (κ3) is 5.90. The van der Waals surface area contributed by atoms with Gasteiger partial charge in [0.05, 0.1) is 5.69 Å². The molecule has 2 N–H and O–H groups in total. The second-order valence-corrected chi connectivity index (χ2v) is 8.37. The minimum atomic E-state index is -0.301. The number of rotatable bonds is 6. The third-order valence-corrected chi connectivity index (χ3v) is 5.70. The summed E-state index contributed by atoms with van der Waals surface area (Å²) in [5.41, 5.74) is 5.52. The number of aryl methyl sites for hydroxylation is 3. The first kappa shape index (κ1) is 23.8.